The Balaban J connectivity index is 0.000000812. The number of hydrogen-bond acceptors (Lipinski definition) is 11. The maximum Gasteiger partial charge on any atom is 0.328 e. The minimum Gasteiger partial charge on any atom is -0.545 e. The summed E-state index contributed by atoms with van der Waals surface area (Å²) >= 11 is 3.00. The fraction of sp³-hybridized carbons (Fsp3) is 0.423. The van der Waals surface area contributed by atoms with E-state index < -0.39 is 32.0 Å². The molecule has 0 unspecified atom stereocenters. The van der Waals surface area contributed by atoms with Gasteiger partial charge in [-0.2, -0.15) is 11.8 Å². The van der Waals surface area contributed by atoms with Crippen molar-refractivity contribution in [2.75, 3.05) is 25.9 Å². The number of nitrogens with two attached hydrogens (primary N) is 2. The van der Waals surface area contributed by atoms with Crippen LogP contribution in [0.4, 0.5) is 5.13 Å². The van der Waals surface area contributed by atoms with Gasteiger partial charge in [0.25, 0.3) is 15.2 Å². The van der Waals surface area contributed by atoms with Crippen molar-refractivity contribution in [3.8, 4) is 0 Å². The number of aromatic nitrogens is 1. The van der Waals surface area contributed by atoms with Crippen molar-refractivity contribution in [1.82, 2.24) is 19.7 Å². The molecule has 9 N–H and O–H groups in total. The van der Waals surface area contributed by atoms with Crippen molar-refractivity contribution in [3.63, 3.8) is 0 Å². The molecule has 1 aliphatic carbocycles. The number of aliphatic imine (C=N–C) groups is 1. The second-order valence-corrected chi connectivity index (χ2v) is 15.1. The zero-order valence-electron chi connectivity index (χ0n) is 25.0. The number of guanidine groups is 2. The third kappa shape index (κ3) is 14.6. The molecule has 46 heavy (non-hydrogen) atoms. The Labute approximate surface area is 276 Å². The molecule has 1 aromatic carbocycles. The van der Waals surface area contributed by atoms with E-state index in [9.17, 15) is 31.5 Å². The van der Waals surface area contributed by atoms with E-state index in [4.69, 9.17) is 16.6 Å². The Hall–Kier alpha value is -3.72. The molecule has 2 aromatic rings. The van der Waals surface area contributed by atoms with Gasteiger partial charge in [-0.25, -0.2) is 36.1 Å². The van der Waals surface area contributed by atoms with Crippen LogP contribution in [-0.4, -0.2) is 76.7 Å². The molecule has 0 amide bonds. The third-order valence-corrected chi connectivity index (χ3v) is 10.7. The highest BCUT2D eigenvalue weighted by Gasteiger charge is 2.22. The molecular weight excluding hydrogens is 681 g/mol. The molecule has 0 saturated heterocycles. The van der Waals surface area contributed by atoms with E-state index in [1.807, 2.05) is 5.38 Å². The average Bonchev–Trinajstić information content (AvgIpc) is 3.45. The number of carbonyl (C=O) groups is 2. The molecule has 254 valence electrons. The number of carbonyl (C=O) groups excluding carboxylic acids is 1. The average molecular weight is 719 g/mol. The molecule has 0 aliphatic heterocycles. The van der Waals surface area contributed by atoms with Crippen LogP contribution in [0.15, 0.2) is 56.6 Å². The van der Waals surface area contributed by atoms with E-state index in [1.54, 1.807) is 11.8 Å². The minimum atomic E-state index is -4.06. The number of sulfonamides is 2. The van der Waals surface area contributed by atoms with Crippen LogP contribution in [-0.2, 0) is 35.4 Å². The number of thiazole rings is 1. The van der Waals surface area contributed by atoms with Gasteiger partial charge in [-0.15, -0.1) is 4.98 Å². The first-order valence-corrected chi connectivity index (χ1v) is 18.8. The minimum absolute atomic E-state index is 0.0587. The molecule has 1 aliphatic rings. The van der Waals surface area contributed by atoms with Gasteiger partial charge in [0, 0.05) is 43.1 Å². The second kappa shape index (κ2) is 19.1. The van der Waals surface area contributed by atoms with Crippen LogP contribution in [0.3, 0.4) is 0 Å². The maximum absolute atomic E-state index is 13.0. The number of rotatable bonds is 14. The van der Waals surface area contributed by atoms with Gasteiger partial charge in [-0.3, -0.25) is 4.99 Å². The number of nitrogens with zero attached hydrogens (tertiary/aromatic N) is 2. The summed E-state index contributed by atoms with van der Waals surface area (Å²) in [6, 6.07) is 5.30. The van der Waals surface area contributed by atoms with Gasteiger partial charge >= 0.3 is 11.9 Å². The van der Waals surface area contributed by atoms with Crippen molar-refractivity contribution in [2.24, 2.45) is 22.4 Å². The van der Waals surface area contributed by atoms with Gasteiger partial charge in [-0.05, 0) is 43.0 Å². The topological polar surface area (TPSA) is 273 Å². The standard InChI is InChI=1S/C22H34N8O4S4.C4H4O4/c1-25-21(26-10-11-35-14-17-15-36-22(28-17)29-20(23)24)30-38(33,34)19-9-5-8-18(12-19)37(31,32)27-13-16-6-3-2-4-7-16;5-3(6)1-2-4(7)8/h5,8-9,12,15-16,27H,2-4,6-7,10-11,13-14H2,1H3,(H2,25,26,30)(H4,23,24,28,29);1-2H,(H,5,6)(H,7,8)/b;2-1+. The Morgan fingerprint density at radius 1 is 1.15 bits per heavy atom. The zero-order valence-corrected chi connectivity index (χ0v) is 28.2. The largest absolute Gasteiger partial charge is 0.545 e. The van der Waals surface area contributed by atoms with Crippen LogP contribution >= 0.6 is 23.1 Å². The fourth-order valence-electron chi connectivity index (χ4n) is 3.97. The number of carboxylic acid groups (broad SMARTS) is 2. The molecule has 16 nitrogen and oxygen atoms in total. The van der Waals surface area contributed by atoms with Crippen LogP contribution in [0.25, 0.3) is 0 Å². The van der Waals surface area contributed by atoms with Gasteiger partial charge in [0.15, 0.2) is 0 Å². The first-order chi connectivity index (χ1) is 21.7. The molecule has 0 radical (unpaired) electrons. The van der Waals surface area contributed by atoms with Crippen molar-refractivity contribution in [1.29, 1.82) is 0 Å². The molecule has 20 heteroatoms. The van der Waals surface area contributed by atoms with E-state index in [0.29, 0.717) is 47.8 Å². The predicted molar refractivity (Wildman–Crippen MR) is 174 cm³/mol. The Morgan fingerprint density at radius 3 is 2.41 bits per heavy atom. The molecule has 1 saturated carbocycles. The molecule has 0 bridgehead atoms. The molecule has 0 atom stereocenters. The summed E-state index contributed by atoms with van der Waals surface area (Å²) in [5.41, 5.74) is 11.7. The van der Waals surface area contributed by atoms with E-state index in [1.165, 1.54) is 43.0 Å². The van der Waals surface area contributed by atoms with Gasteiger partial charge in [0.05, 0.1) is 15.8 Å². The monoisotopic (exact) mass is 718 g/mol. The Kier molecular flexibility index (Phi) is 15.9. The normalized spacial score (nSPS) is 14.2. The molecule has 1 fully saturated rings. The van der Waals surface area contributed by atoms with Gasteiger partial charge in [0.1, 0.15) is 5.69 Å². The lowest BCUT2D eigenvalue weighted by molar-refractivity contribution is -0.355. The first-order valence-electron chi connectivity index (χ1n) is 13.8. The van der Waals surface area contributed by atoms with Gasteiger partial charge < -0.3 is 31.8 Å². The van der Waals surface area contributed by atoms with Crippen molar-refractivity contribution in [3.05, 3.63) is 47.5 Å². The summed E-state index contributed by atoms with van der Waals surface area (Å²) in [6.45, 7) is 0.797. The fourth-order valence-corrected chi connectivity index (χ4v) is 7.87. The highest BCUT2D eigenvalue weighted by atomic mass is 32.2. The summed E-state index contributed by atoms with van der Waals surface area (Å²) in [6.07, 6.45) is 6.33. The van der Waals surface area contributed by atoms with Crippen molar-refractivity contribution < 1.29 is 41.6 Å². The SMILES string of the molecule is CN=C(NCCSCc1csc([NH+]=C(N)N)n1)NS(=O)(=O)c1cccc(S(=O)(=O)NCC2CCCCC2)c1.O=C([O-])/C=C/C(=O)O. The Bertz CT molecular complexity index is 1600. The van der Waals surface area contributed by atoms with Crippen LogP contribution in [0.5, 0.6) is 0 Å². The zero-order chi connectivity index (χ0) is 34.2. The number of benzene rings is 1. The van der Waals surface area contributed by atoms with Crippen molar-refractivity contribution >= 4 is 72.1 Å². The summed E-state index contributed by atoms with van der Waals surface area (Å²) in [5, 5.41) is 22.7. The predicted octanol–water partition coefficient (Wildman–Crippen LogP) is -1.85. The summed E-state index contributed by atoms with van der Waals surface area (Å²) in [4.78, 5) is 29.8. The lowest BCUT2D eigenvalue weighted by Crippen LogP contribution is -2.72. The lowest BCUT2D eigenvalue weighted by Gasteiger charge is -2.21. The van der Waals surface area contributed by atoms with Crippen LogP contribution in [0.1, 0.15) is 37.8 Å². The van der Waals surface area contributed by atoms with Gasteiger partial charge in [0.2, 0.25) is 16.0 Å². The summed E-state index contributed by atoms with van der Waals surface area (Å²) in [5.74, 6) is -1.04. The van der Waals surface area contributed by atoms with Crippen molar-refractivity contribution in [2.45, 2.75) is 47.6 Å². The number of thioether (sulfide) groups is 1. The summed E-state index contributed by atoms with van der Waals surface area (Å²) in [7, 11) is -6.44. The van der Waals surface area contributed by atoms with Crippen LogP contribution in [0.2, 0.25) is 0 Å². The highest BCUT2D eigenvalue weighted by Crippen LogP contribution is 2.24. The molecule has 1 heterocycles. The highest BCUT2D eigenvalue weighted by molar-refractivity contribution is 7.98. The number of nitrogens with one attached hydrogen (secondary N) is 4. The quantitative estimate of drug-likeness (QED) is 0.0490. The third-order valence-electron chi connectivity index (χ3n) is 6.12. The molecular formula is C26H38N8O8S4. The summed E-state index contributed by atoms with van der Waals surface area (Å²) < 4.78 is 56.5. The maximum atomic E-state index is 13.0. The van der Waals surface area contributed by atoms with E-state index in [2.05, 4.69) is 29.7 Å². The van der Waals surface area contributed by atoms with E-state index in [-0.39, 0.29) is 21.7 Å². The number of carboxylic acids is 2. The number of hydrogen-bond donors (Lipinski definition) is 7. The Morgan fingerprint density at radius 2 is 1.83 bits per heavy atom. The lowest BCUT2D eigenvalue weighted by atomic mass is 9.90. The smallest absolute Gasteiger partial charge is 0.328 e. The molecule has 1 aromatic heterocycles. The molecule has 0 spiro atoms. The van der Waals surface area contributed by atoms with E-state index in [0.717, 1.165) is 37.4 Å². The first kappa shape index (κ1) is 38.5. The number of aliphatic carboxylic acids is 2. The molecule has 3 rings (SSSR count). The van der Waals surface area contributed by atoms with Crippen LogP contribution < -0.4 is 36.3 Å². The van der Waals surface area contributed by atoms with E-state index >= 15 is 0 Å². The van der Waals surface area contributed by atoms with Crippen LogP contribution in [0, 0.1) is 5.92 Å². The van der Waals surface area contributed by atoms with Gasteiger partial charge in [-0.1, -0.05) is 36.7 Å². The second-order valence-electron chi connectivity index (χ2n) is 9.70.